The number of benzene rings is 2. The summed E-state index contributed by atoms with van der Waals surface area (Å²) in [5, 5.41) is 11.7. The van der Waals surface area contributed by atoms with Crippen molar-refractivity contribution in [3.8, 4) is 0 Å². The zero-order valence-electron chi connectivity index (χ0n) is 18.6. The van der Waals surface area contributed by atoms with Gasteiger partial charge in [-0.1, -0.05) is 32.0 Å². The fourth-order valence-corrected chi connectivity index (χ4v) is 5.38. The molecule has 3 rings (SSSR count). The third-order valence-electron chi connectivity index (χ3n) is 5.76. The van der Waals surface area contributed by atoms with Crippen molar-refractivity contribution in [2.45, 2.75) is 25.2 Å². The number of hydrogen-bond donors (Lipinski definition) is 0. The Kier molecular flexibility index (Phi) is 7.65. The molecule has 0 spiro atoms. The highest BCUT2D eigenvalue weighted by molar-refractivity contribution is 7.89. The van der Waals surface area contributed by atoms with Gasteiger partial charge in [0.15, 0.2) is 0 Å². The van der Waals surface area contributed by atoms with Gasteiger partial charge < -0.3 is 9.80 Å². The molecular formula is C22H27FN4O5S. The van der Waals surface area contributed by atoms with Crippen molar-refractivity contribution < 1.29 is 22.5 Å². The Hall–Kier alpha value is -3.05. The Balaban J connectivity index is 1.75. The van der Waals surface area contributed by atoms with Gasteiger partial charge in [0.1, 0.15) is 11.5 Å². The third-order valence-corrected chi connectivity index (χ3v) is 7.81. The van der Waals surface area contributed by atoms with Crippen molar-refractivity contribution in [1.29, 1.82) is 0 Å². The molecule has 1 aliphatic heterocycles. The number of nitrogens with zero attached hydrogens (tertiary/aromatic N) is 4. The van der Waals surface area contributed by atoms with Crippen LogP contribution in [0.4, 0.5) is 15.8 Å². The number of piperazine rings is 1. The quantitative estimate of drug-likeness (QED) is 0.427. The minimum Gasteiger partial charge on any atom is -0.362 e. The molecule has 0 N–H and O–H groups in total. The highest BCUT2D eigenvalue weighted by atomic mass is 32.2. The van der Waals surface area contributed by atoms with Gasteiger partial charge >= 0.3 is 0 Å². The van der Waals surface area contributed by atoms with Crippen molar-refractivity contribution in [3.05, 3.63) is 64.0 Å². The van der Waals surface area contributed by atoms with E-state index in [2.05, 4.69) is 0 Å². The Morgan fingerprint density at radius 3 is 2.30 bits per heavy atom. The molecule has 1 heterocycles. The minimum atomic E-state index is -3.83. The van der Waals surface area contributed by atoms with Crippen LogP contribution >= 0.6 is 0 Å². The highest BCUT2D eigenvalue weighted by Crippen LogP contribution is 2.32. The van der Waals surface area contributed by atoms with Crippen LogP contribution in [0.3, 0.4) is 0 Å². The number of rotatable bonds is 8. The van der Waals surface area contributed by atoms with Crippen LogP contribution in [0.15, 0.2) is 47.4 Å². The van der Waals surface area contributed by atoms with Crippen LogP contribution in [-0.2, 0) is 21.2 Å². The van der Waals surface area contributed by atoms with E-state index in [0.29, 0.717) is 37.4 Å². The Labute approximate surface area is 192 Å². The van der Waals surface area contributed by atoms with Gasteiger partial charge in [0.25, 0.3) is 5.69 Å². The van der Waals surface area contributed by atoms with E-state index >= 15 is 0 Å². The third kappa shape index (κ3) is 5.31. The molecule has 1 saturated heterocycles. The van der Waals surface area contributed by atoms with Crippen LogP contribution in [0.1, 0.15) is 19.4 Å². The van der Waals surface area contributed by atoms with Gasteiger partial charge in [0, 0.05) is 45.3 Å². The first-order valence-electron chi connectivity index (χ1n) is 10.7. The Morgan fingerprint density at radius 1 is 1.09 bits per heavy atom. The average Bonchev–Trinajstić information content (AvgIpc) is 2.80. The first-order chi connectivity index (χ1) is 15.7. The van der Waals surface area contributed by atoms with Crippen LogP contribution < -0.4 is 4.90 Å². The minimum absolute atomic E-state index is 0.0509. The SMILES string of the molecule is CCN(CC)S(=O)(=O)c1ccc(N2CCN(C(=O)Cc3ccccc3F)CC2)c([N+](=O)[O-])c1. The summed E-state index contributed by atoms with van der Waals surface area (Å²) in [6, 6.07) is 10.0. The number of hydrogen-bond acceptors (Lipinski definition) is 6. The number of carbonyl (C=O) groups excluding carboxylic acids is 1. The molecule has 9 nitrogen and oxygen atoms in total. The molecule has 11 heteroatoms. The zero-order valence-corrected chi connectivity index (χ0v) is 19.4. The number of carbonyl (C=O) groups is 1. The summed E-state index contributed by atoms with van der Waals surface area (Å²) < 4.78 is 40.6. The molecule has 0 unspecified atom stereocenters. The van der Waals surface area contributed by atoms with Crippen molar-refractivity contribution in [3.63, 3.8) is 0 Å². The summed E-state index contributed by atoms with van der Waals surface area (Å²) in [4.78, 5) is 27.0. The monoisotopic (exact) mass is 478 g/mol. The molecule has 1 amide bonds. The first kappa shape index (κ1) is 24.6. The van der Waals surface area contributed by atoms with E-state index in [1.807, 2.05) is 0 Å². The molecule has 178 valence electrons. The van der Waals surface area contributed by atoms with Crippen LogP contribution in [0, 0.1) is 15.9 Å². The molecule has 0 atom stereocenters. The molecule has 1 aliphatic rings. The normalized spacial score (nSPS) is 14.5. The van der Waals surface area contributed by atoms with Crippen molar-refractivity contribution >= 4 is 27.3 Å². The van der Waals surface area contributed by atoms with E-state index in [0.717, 1.165) is 6.07 Å². The highest BCUT2D eigenvalue weighted by Gasteiger charge is 2.29. The number of halogens is 1. The molecule has 33 heavy (non-hydrogen) atoms. The smallest absolute Gasteiger partial charge is 0.293 e. The Bertz CT molecular complexity index is 1130. The maximum absolute atomic E-state index is 13.8. The molecule has 2 aromatic rings. The van der Waals surface area contributed by atoms with Crippen LogP contribution in [0.5, 0.6) is 0 Å². The summed E-state index contributed by atoms with van der Waals surface area (Å²) in [5.41, 5.74) is 0.333. The lowest BCUT2D eigenvalue weighted by Crippen LogP contribution is -2.49. The van der Waals surface area contributed by atoms with Crippen LogP contribution in [0.25, 0.3) is 0 Å². The van der Waals surface area contributed by atoms with Crippen LogP contribution in [0.2, 0.25) is 0 Å². The fraction of sp³-hybridized carbons (Fsp3) is 0.409. The van der Waals surface area contributed by atoms with Gasteiger partial charge in [-0.25, -0.2) is 12.8 Å². The summed E-state index contributed by atoms with van der Waals surface area (Å²) >= 11 is 0. The molecule has 0 aromatic heterocycles. The number of nitro groups is 1. The number of amides is 1. The maximum Gasteiger partial charge on any atom is 0.293 e. The second kappa shape index (κ2) is 10.3. The van der Waals surface area contributed by atoms with Gasteiger partial charge in [-0.3, -0.25) is 14.9 Å². The summed E-state index contributed by atoms with van der Waals surface area (Å²) in [5.74, 6) is -0.644. The average molecular weight is 479 g/mol. The fourth-order valence-electron chi connectivity index (χ4n) is 3.90. The topological polar surface area (TPSA) is 104 Å². The molecule has 0 aliphatic carbocycles. The van der Waals surface area contributed by atoms with E-state index in [4.69, 9.17) is 0 Å². The second-order valence-corrected chi connectivity index (χ2v) is 9.57. The number of anilines is 1. The predicted octanol–water partition coefficient (Wildman–Crippen LogP) is 2.66. The Morgan fingerprint density at radius 2 is 1.73 bits per heavy atom. The van der Waals surface area contributed by atoms with Gasteiger partial charge in [-0.15, -0.1) is 0 Å². The van der Waals surface area contributed by atoms with E-state index < -0.39 is 20.8 Å². The standard InChI is InChI=1S/C22H27FN4O5S/c1-3-26(4-2)33(31,32)18-9-10-20(21(16-18)27(29)30)24-11-13-25(14-12-24)22(28)15-17-7-5-6-8-19(17)23/h5-10,16H,3-4,11-15H2,1-2H3. The predicted molar refractivity (Wildman–Crippen MR) is 122 cm³/mol. The van der Waals surface area contributed by atoms with Crippen molar-refractivity contribution in [2.24, 2.45) is 0 Å². The summed E-state index contributed by atoms with van der Waals surface area (Å²) in [6.07, 6.45) is -0.0509. The number of nitro benzene ring substituents is 1. The van der Waals surface area contributed by atoms with Gasteiger partial charge in [0.05, 0.1) is 16.2 Å². The second-order valence-electron chi connectivity index (χ2n) is 7.63. The van der Waals surface area contributed by atoms with Gasteiger partial charge in [-0.2, -0.15) is 4.31 Å². The van der Waals surface area contributed by atoms with Gasteiger partial charge in [-0.05, 0) is 23.8 Å². The lowest BCUT2D eigenvalue weighted by molar-refractivity contribution is -0.384. The van der Waals surface area contributed by atoms with Gasteiger partial charge in [0.2, 0.25) is 15.9 Å². The molecule has 0 radical (unpaired) electrons. The van der Waals surface area contributed by atoms with Crippen molar-refractivity contribution in [1.82, 2.24) is 9.21 Å². The molecular weight excluding hydrogens is 451 g/mol. The molecule has 0 saturated carbocycles. The van der Waals surface area contributed by atoms with E-state index in [-0.39, 0.29) is 36.0 Å². The molecule has 2 aromatic carbocycles. The largest absolute Gasteiger partial charge is 0.362 e. The van der Waals surface area contributed by atoms with Crippen molar-refractivity contribution in [2.75, 3.05) is 44.2 Å². The molecule has 1 fully saturated rings. The van der Waals surface area contributed by atoms with E-state index in [9.17, 15) is 27.7 Å². The number of sulfonamides is 1. The molecule has 0 bridgehead atoms. The van der Waals surface area contributed by atoms with E-state index in [1.54, 1.807) is 41.8 Å². The van der Waals surface area contributed by atoms with E-state index in [1.165, 1.54) is 22.5 Å². The van der Waals surface area contributed by atoms with Crippen LogP contribution in [-0.4, -0.2) is 67.7 Å². The summed E-state index contributed by atoms with van der Waals surface area (Å²) in [6.45, 7) is 5.26. The summed E-state index contributed by atoms with van der Waals surface area (Å²) in [7, 11) is -3.83. The zero-order chi connectivity index (χ0) is 24.2. The lowest BCUT2D eigenvalue weighted by Gasteiger charge is -2.36. The lowest BCUT2D eigenvalue weighted by atomic mass is 10.1. The maximum atomic E-state index is 13.8. The first-order valence-corrected chi connectivity index (χ1v) is 12.2.